The van der Waals surface area contributed by atoms with Crippen molar-refractivity contribution in [1.82, 2.24) is 14.5 Å². The molecule has 0 N–H and O–H groups in total. The van der Waals surface area contributed by atoms with E-state index in [0.717, 1.165) is 11.0 Å². The minimum Gasteiger partial charge on any atom is -0.344 e. The second kappa shape index (κ2) is 3.62. The maximum atomic E-state index is 11.0. The Morgan fingerprint density at radius 2 is 2.27 bits per heavy atom. The number of fused-ring (bicyclic) bond motifs is 1. The summed E-state index contributed by atoms with van der Waals surface area (Å²) in [6, 6.07) is 1.85. The Kier molecular flexibility index (Phi) is 2.44. The van der Waals surface area contributed by atoms with Gasteiger partial charge in [0.25, 0.3) is 0 Å². The number of hydrogen-bond acceptors (Lipinski definition) is 4. The average molecular weight is 225 g/mol. The first-order valence-electron chi connectivity index (χ1n) is 4.49. The molecule has 0 amide bonds. The van der Waals surface area contributed by atoms with Crippen molar-refractivity contribution in [3.05, 3.63) is 24.8 Å². The fraction of sp³-hybridized carbons (Fsp3) is 0.333. The highest BCUT2D eigenvalue weighted by Gasteiger charge is 2.05. The van der Waals surface area contributed by atoms with E-state index in [4.69, 9.17) is 0 Å². The van der Waals surface area contributed by atoms with Gasteiger partial charge in [-0.05, 0) is 6.07 Å². The van der Waals surface area contributed by atoms with E-state index in [1.165, 1.54) is 12.6 Å². The van der Waals surface area contributed by atoms with E-state index in [1.807, 2.05) is 16.8 Å². The molecule has 6 heteroatoms. The Morgan fingerprint density at radius 3 is 3.00 bits per heavy atom. The molecule has 2 rings (SSSR count). The molecule has 0 aliphatic heterocycles. The van der Waals surface area contributed by atoms with Crippen molar-refractivity contribution in [1.29, 1.82) is 0 Å². The summed E-state index contributed by atoms with van der Waals surface area (Å²) in [5, 5.41) is 0. The summed E-state index contributed by atoms with van der Waals surface area (Å²) < 4.78 is 23.9. The minimum atomic E-state index is -2.93. The van der Waals surface area contributed by atoms with E-state index in [0.29, 0.717) is 6.54 Å². The van der Waals surface area contributed by atoms with Gasteiger partial charge in [0.1, 0.15) is 16.2 Å². The largest absolute Gasteiger partial charge is 0.344 e. The summed E-state index contributed by atoms with van der Waals surface area (Å²) in [6.07, 6.45) is 6.22. The van der Waals surface area contributed by atoms with Crippen molar-refractivity contribution in [3.63, 3.8) is 0 Å². The molecule has 2 aromatic heterocycles. The highest BCUT2D eigenvalue weighted by atomic mass is 32.2. The van der Waals surface area contributed by atoms with E-state index in [9.17, 15) is 8.42 Å². The van der Waals surface area contributed by atoms with Gasteiger partial charge in [0.15, 0.2) is 0 Å². The molecular formula is C9H11N3O2S. The Morgan fingerprint density at radius 1 is 1.47 bits per heavy atom. The summed E-state index contributed by atoms with van der Waals surface area (Å²) >= 11 is 0. The quantitative estimate of drug-likeness (QED) is 0.762. The smallest absolute Gasteiger partial charge is 0.149 e. The normalized spacial score (nSPS) is 12.1. The van der Waals surface area contributed by atoms with Gasteiger partial charge >= 0.3 is 0 Å². The van der Waals surface area contributed by atoms with Crippen molar-refractivity contribution < 1.29 is 8.42 Å². The first kappa shape index (κ1) is 10.1. The maximum absolute atomic E-state index is 11.0. The molecule has 0 radical (unpaired) electrons. The predicted octanol–water partition coefficient (Wildman–Crippen LogP) is 0.476. The van der Waals surface area contributed by atoms with Gasteiger partial charge in [0, 0.05) is 19.0 Å². The summed E-state index contributed by atoms with van der Waals surface area (Å²) in [5.74, 6) is 0.131. The Labute approximate surface area is 87.7 Å². The molecule has 0 aliphatic rings. The topological polar surface area (TPSA) is 64.8 Å². The van der Waals surface area contributed by atoms with Gasteiger partial charge in [-0.25, -0.2) is 18.4 Å². The number of aromatic nitrogens is 3. The summed E-state index contributed by atoms with van der Waals surface area (Å²) in [5.41, 5.74) is 1.69. The van der Waals surface area contributed by atoms with Crippen LogP contribution in [0, 0.1) is 0 Å². The van der Waals surface area contributed by atoms with Gasteiger partial charge in [0.05, 0.1) is 23.0 Å². The zero-order valence-electron chi connectivity index (χ0n) is 8.29. The number of aryl methyl sites for hydroxylation is 1. The molecule has 2 heterocycles. The van der Waals surface area contributed by atoms with Gasteiger partial charge in [-0.1, -0.05) is 0 Å². The van der Waals surface area contributed by atoms with Crippen LogP contribution in [0.3, 0.4) is 0 Å². The summed E-state index contributed by atoms with van der Waals surface area (Å²) in [6.45, 7) is 0.440. The zero-order valence-corrected chi connectivity index (χ0v) is 9.11. The molecular weight excluding hydrogens is 214 g/mol. The standard InChI is InChI=1S/C9H11N3O2S/c1-15(13,14)5-4-12-3-2-8-9(12)6-10-7-11-8/h2-3,6-7H,4-5H2,1H3. The minimum absolute atomic E-state index is 0.131. The fourth-order valence-electron chi connectivity index (χ4n) is 1.38. The van der Waals surface area contributed by atoms with E-state index in [-0.39, 0.29) is 5.75 Å². The van der Waals surface area contributed by atoms with E-state index in [1.54, 1.807) is 6.20 Å². The molecule has 0 bridgehead atoms. The second-order valence-corrected chi connectivity index (χ2v) is 5.69. The molecule has 15 heavy (non-hydrogen) atoms. The third-order valence-corrected chi connectivity index (χ3v) is 3.07. The van der Waals surface area contributed by atoms with Gasteiger partial charge in [-0.2, -0.15) is 0 Å². The lowest BCUT2D eigenvalue weighted by atomic mass is 10.5. The third kappa shape index (κ3) is 2.33. The second-order valence-electron chi connectivity index (χ2n) is 3.43. The van der Waals surface area contributed by atoms with Crippen LogP contribution in [0.25, 0.3) is 11.0 Å². The monoisotopic (exact) mass is 225 g/mol. The van der Waals surface area contributed by atoms with E-state index in [2.05, 4.69) is 9.97 Å². The van der Waals surface area contributed by atoms with E-state index >= 15 is 0 Å². The molecule has 5 nitrogen and oxygen atoms in total. The van der Waals surface area contributed by atoms with Crippen LogP contribution in [0.1, 0.15) is 0 Å². The fourth-order valence-corrected chi connectivity index (χ4v) is 1.91. The first-order chi connectivity index (χ1) is 7.06. The predicted molar refractivity (Wildman–Crippen MR) is 57.2 cm³/mol. The van der Waals surface area contributed by atoms with Crippen molar-refractivity contribution in [2.75, 3.05) is 12.0 Å². The van der Waals surface area contributed by atoms with Crippen molar-refractivity contribution in [2.45, 2.75) is 6.54 Å². The molecule has 0 atom stereocenters. The van der Waals surface area contributed by atoms with Crippen LogP contribution >= 0.6 is 0 Å². The summed E-state index contributed by atoms with van der Waals surface area (Å²) in [4.78, 5) is 7.97. The lowest BCUT2D eigenvalue weighted by molar-refractivity contribution is 0.596. The van der Waals surface area contributed by atoms with Crippen LogP contribution in [0.2, 0.25) is 0 Å². The van der Waals surface area contributed by atoms with Crippen LogP contribution < -0.4 is 0 Å². The third-order valence-electron chi connectivity index (χ3n) is 2.15. The Bertz CT molecular complexity index is 574. The lowest BCUT2D eigenvalue weighted by Gasteiger charge is -2.02. The Hall–Kier alpha value is -1.43. The summed E-state index contributed by atoms with van der Waals surface area (Å²) in [7, 11) is -2.93. The Balaban J connectivity index is 2.29. The number of rotatable bonds is 3. The number of sulfone groups is 1. The maximum Gasteiger partial charge on any atom is 0.149 e. The highest BCUT2D eigenvalue weighted by molar-refractivity contribution is 7.90. The van der Waals surface area contributed by atoms with Crippen LogP contribution in [0.5, 0.6) is 0 Å². The number of hydrogen-bond donors (Lipinski definition) is 0. The molecule has 0 saturated carbocycles. The molecule has 2 aromatic rings. The highest BCUT2D eigenvalue weighted by Crippen LogP contribution is 2.10. The SMILES string of the molecule is CS(=O)(=O)CCn1ccc2ncncc21. The van der Waals surface area contributed by atoms with Crippen LogP contribution in [-0.4, -0.2) is 35.0 Å². The molecule has 0 fully saturated rings. The zero-order chi connectivity index (χ0) is 10.9. The van der Waals surface area contributed by atoms with Crippen LogP contribution in [0.15, 0.2) is 24.8 Å². The van der Waals surface area contributed by atoms with Gasteiger partial charge < -0.3 is 4.57 Å². The van der Waals surface area contributed by atoms with Gasteiger partial charge in [-0.3, -0.25) is 0 Å². The van der Waals surface area contributed by atoms with Crippen LogP contribution in [0.4, 0.5) is 0 Å². The van der Waals surface area contributed by atoms with E-state index < -0.39 is 9.84 Å². The van der Waals surface area contributed by atoms with Crippen molar-refractivity contribution in [3.8, 4) is 0 Å². The lowest BCUT2D eigenvalue weighted by Crippen LogP contribution is -2.10. The number of nitrogens with zero attached hydrogens (tertiary/aromatic N) is 3. The van der Waals surface area contributed by atoms with Crippen molar-refractivity contribution in [2.24, 2.45) is 0 Å². The first-order valence-corrected chi connectivity index (χ1v) is 6.55. The van der Waals surface area contributed by atoms with Gasteiger partial charge in [0.2, 0.25) is 0 Å². The molecule has 0 spiro atoms. The average Bonchev–Trinajstić information content (AvgIpc) is 2.57. The molecule has 0 unspecified atom stereocenters. The molecule has 0 aliphatic carbocycles. The van der Waals surface area contributed by atoms with Gasteiger partial charge in [-0.15, -0.1) is 0 Å². The van der Waals surface area contributed by atoms with Crippen molar-refractivity contribution >= 4 is 20.9 Å². The molecule has 0 aromatic carbocycles. The molecule has 0 saturated heterocycles. The van der Waals surface area contributed by atoms with Crippen LogP contribution in [-0.2, 0) is 16.4 Å². The molecule has 80 valence electrons.